The minimum atomic E-state index is -0.0866. The molecule has 6 nitrogen and oxygen atoms in total. The van der Waals surface area contributed by atoms with E-state index in [4.69, 9.17) is 0 Å². The molecule has 0 fully saturated rings. The molecule has 1 aliphatic heterocycles. The average molecular weight is 284 g/mol. The Morgan fingerprint density at radius 2 is 2.33 bits per heavy atom. The third-order valence-corrected chi connectivity index (χ3v) is 3.48. The summed E-state index contributed by atoms with van der Waals surface area (Å²) < 4.78 is 1.71. The van der Waals surface area contributed by atoms with Gasteiger partial charge in [0.25, 0.3) is 5.91 Å². The van der Waals surface area contributed by atoms with Crippen molar-refractivity contribution in [3.8, 4) is 0 Å². The van der Waals surface area contributed by atoms with E-state index in [0.717, 1.165) is 11.1 Å². The van der Waals surface area contributed by atoms with Gasteiger partial charge in [0, 0.05) is 37.5 Å². The van der Waals surface area contributed by atoms with Crippen LogP contribution in [-0.2, 0) is 24.8 Å². The Morgan fingerprint density at radius 1 is 1.48 bits per heavy atom. The van der Waals surface area contributed by atoms with Gasteiger partial charge < -0.3 is 10.6 Å². The SMILES string of the molecule is Cn1cc(CCC(=O)Nc2ccc3c(c2)C(=O)NC3)cn1. The molecule has 21 heavy (non-hydrogen) atoms. The van der Waals surface area contributed by atoms with Crippen LogP contribution in [0.5, 0.6) is 0 Å². The highest BCUT2D eigenvalue weighted by Crippen LogP contribution is 2.20. The summed E-state index contributed by atoms with van der Waals surface area (Å²) in [6.45, 7) is 0.559. The van der Waals surface area contributed by atoms with Crippen molar-refractivity contribution in [1.29, 1.82) is 0 Å². The van der Waals surface area contributed by atoms with Gasteiger partial charge in [-0.15, -0.1) is 0 Å². The van der Waals surface area contributed by atoms with Gasteiger partial charge in [-0.1, -0.05) is 6.07 Å². The molecule has 0 saturated heterocycles. The molecule has 108 valence electrons. The molecule has 3 rings (SSSR count). The van der Waals surface area contributed by atoms with Crippen LogP contribution in [0.2, 0.25) is 0 Å². The van der Waals surface area contributed by atoms with Gasteiger partial charge in [0.15, 0.2) is 0 Å². The molecule has 0 spiro atoms. The molecule has 0 bridgehead atoms. The molecule has 1 aromatic heterocycles. The second kappa shape index (κ2) is 5.40. The zero-order chi connectivity index (χ0) is 14.8. The Balaban J connectivity index is 1.60. The molecule has 6 heteroatoms. The van der Waals surface area contributed by atoms with E-state index in [0.29, 0.717) is 30.6 Å². The van der Waals surface area contributed by atoms with Gasteiger partial charge in [-0.2, -0.15) is 5.10 Å². The highest BCUT2D eigenvalue weighted by Gasteiger charge is 2.19. The number of amides is 2. The first-order valence-electron chi connectivity index (χ1n) is 6.80. The number of carbonyl (C=O) groups excluding carboxylic acids is 2. The van der Waals surface area contributed by atoms with E-state index in [1.54, 1.807) is 16.9 Å². The maximum atomic E-state index is 11.9. The fourth-order valence-corrected chi connectivity index (χ4v) is 2.37. The van der Waals surface area contributed by atoms with Crippen molar-refractivity contribution in [3.05, 3.63) is 47.3 Å². The van der Waals surface area contributed by atoms with Crippen LogP contribution in [0.15, 0.2) is 30.6 Å². The molecule has 1 aliphatic rings. The summed E-state index contributed by atoms with van der Waals surface area (Å²) in [4.78, 5) is 23.5. The molecule has 2 amide bonds. The summed E-state index contributed by atoms with van der Waals surface area (Å²) in [7, 11) is 1.85. The summed E-state index contributed by atoms with van der Waals surface area (Å²) in [5, 5.41) is 9.64. The van der Waals surface area contributed by atoms with E-state index in [9.17, 15) is 9.59 Å². The van der Waals surface area contributed by atoms with Crippen molar-refractivity contribution >= 4 is 17.5 Å². The highest BCUT2D eigenvalue weighted by atomic mass is 16.2. The zero-order valence-corrected chi connectivity index (χ0v) is 11.7. The molecular weight excluding hydrogens is 268 g/mol. The van der Waals surface area contributed by atoms with E-state index in [1.165, 1.54) is 0 Å². The third kappa shape index (κ3) is 2.94. The molecule has 2 heterocycles. The number of nitrogens with one attached hydrogen (secondary N) is 2. The van der Waals surface area contributed by atoms with E-state index in [1.807, 2.05) is 25.4 Å². The van der Waals surface area contributed by atoms with Crippen LogP contribution < -0.4 is 10.6 Å². The number of fused-ring (bicyclic) bond motifs is 1. The first-order valence-corrected chi connectivity index (χ1v) is 6.80. The topological polar surface area (TPSA) is 76.0 Å². The summed E-state index contributed by atoms with van der Waals surface area (Å²) >= 11 is 0. The molecule has 2 N–H and O–H groups in total. The Morgan fingerprint density at radius 3 is 3.10 bits per heavy atom. The fourth-order valence-electron chi connectivity index (χ4n) is 2.37. The number of rotatable bonds is 4. The number of anilines is 1. The molecule has 2 aromatic rings. The Kier molecular flexibility index (Phi) is 3.43. The largest absolute Gasteiger partial charge is 0.348 e. The van der Waals surface area contributed by atoms with Crippen molar-refractivity contribution in [3.63, 3.8) is 0 Å². The molecular formula is C15H16N4O2. The van der Waals surface area contributed by atoms with Crippen molar-refractivity contribution < 1.29 is 9.59 Å². The summed E-state index contributed by atoms with van der Waals surface area (Å²) in [6, 6.07) is 5.41. The summed E-state index contributed by atoms with van der Waals surface area (Å²) in [6.07, 6.45) is 4.68. The van der Waals surface area contributed by atoms with Crippen LogP contribution in [0.3, 0.4) is 0 Å². The lowest BCUT2D eigenvalue weighted by atomic mass is 10.1. The normalized spacial score (nSPS) is 12.9. The van der Waals surface area contributed by atoms with E-state index < -0.39 is 0 Å². The maximum Gasteiger partial charge on any atom is 0.251 e. The van der Waals surface area contributed by atoms with Crippen molar-refractivity contribution in [1.82, 2.24) is 15.1 Å². The maximum absolute atomic E-state index is 11.9. The van der Waals surface area contributed by atoms with E-state index in [2.05, 4.69) is 15.7 Å². The number of hydrogen-bond acceptors (Lipinski definition) is 3. The van der Waals surface area contributed by atoms with Gasteiger partial charge >= 0.3 is 0 Å². The number of aryl methyl sites for hydroxylation is 2. The van der Waals surface area contributed by atoms with Crippen LogP contribution in [0, 0.1) is 0 Å². The van der Waals surface area contributed by atoms with Crippen LogP contribution >= 0.6 is 0 Å². The number of aromatic nitrogens is 2. The van der Waals surface area contributed by atoms with Crippen molar-refractivity contribution in [2.75, 3.05) is 5.32 Å². The number of benzene rings is 1. The first kappa shape index (κ1) is 13.4. The van der Waals surface area contributed by atoms with Gasteiger partial charge in [0.2, 0.25) is 5.91 Å². The second-order valence-corrected chi connectivity index (χ2v) is 5.13. The quantitative estimate of drug-likeness (QED) is 0.886. The summed E-state index contributed by atoms with van der Waals surface area (Å²) in [5.41, 5.74) is 3.29. The van der Waals surface area contributed by atoms with Crippen LogP contribution in [0.25, 0.3) is 0 Å². The Hall–Kier alpha value is -2.63. The number of hydrogen-bond donors (Lipinski definition) is 2. The number of carbonyl (C=O) groups is 2. The lowest BCUT2D eigenvalue weighted by molar-refractivity contribution is -0.116. The molecule has 0 saturated carbocycles. The predicted molar refractivity (Wildman–Crippen MR) is 77.8 cm³/mol. The van der Waals surface area contributed by atoms with E-state index >= 15 is 0 Å². The van der Waals surface area contributed by atoms with E-state index in [-0.39, 0.29) is 11.8 Å². The smallest absolute Gasteiger partial charge is 0.251 e. The molecule has 0 radical (unpaired) electrons. The standard InChI is InChI=1S/C15H16N4O2/c1-19-9-10(7-17-19)2-5-14(20)18-12-4-3-11-8-16-15(21)13(11)6-12/h3-4,6-7,9H,2,5,8H2,1H3,(H,16,21)(H,18,20). The van der Waals surface area contributed by atoms with Gasteiger partial charge in [-0.3, -0.25) is 14.3 Å². The fraction of sp³-hybridized carbons (Fsp3) is 0.267. The monoisotopic (exact) mass is 284 g/mol. The predicted octanol–water partition coefficient (Wildman–Crippen LogP) is 1.23. The van der Waals surface area contributed by atoms with Crippen molar-refractivity contribution in [2.24, 2.45) is 7.05 Å². The molecule has 0 aliphatic carbocycles. The first-order chi connectivity index (χ1) is 10.1. The van der Waals surface area contributed by atoms with Crippen LogP contribution in [0.4, 0.5) is 5.69 Å². The zero-order valence-electron chi connectivity index (χ0n) is 11.7. The highest BCUT2D eigenvalue weighted by molar-refractivity contribution is 6.00. The second-order valence-electron chi connectivity index (χ2n) is 5.13. The molecule has 1 aromatic carbocycles. The summed E-state index contributed by atoms with van der Waals surface area (Å²) in [5.74, 6) is -0.159. The molecule has 0 unspecified atom stereocenters. The van der Waals surface area contributed by atoms with Gasteiger partial charge in [0.1, 0.15) is 0 Å². The van der Waals surface area contributed by atoms with Crippen molar-refractivity contribution in [2.45, 2.75) is 19.4 Å². The average Bonchev–Trinajstić information content (AvgIpc) is 3.04. The lowest BCUT2D eigenvalue weighted by Gasteiger charge is -2.06. The van der Waals surface area contributed by atoms with Gasteiger partial charge in [-0.05, 0) is 29.7 Å². The third-order valence-electron chi connectivity index (χ3n) is 3.48. The minimum absolute atomic E-state index is 0.0720. The minimum Gasteiger partial charge on any atom is -0.348 e. The van der Waals surface area contributed by atoms with Crippen LogP contribution in [-0.4, -0.2) is 21.6 Å². The number of nitrogens with zero attached hydrogens (tertiary/aromatic N) is 2. The molecule has 0 atom stereocenters. The Bertz CT molecular complexity index is 705. The Labute approximate surface area is 122 Å². The van der Waals surface area contributed by atoms with Gasteiger partial charge in [0.05, 0.1) is 6.20 Å². The van der Waals surface area contributed by atoms with Gasteiger partial charge in [-0.25, -0.2) is 0 Å². The lowest BCUT2D eigenvalue weighted by Crippen LogP contribution is -2.14. The van der Waals surface area contributed by atoms with Crippen LogP contribution in [0.1, 0.15) is 27.9 Å².